The highest BCUT2D eigenvalue weighted by Gasteiger charge is 2.27. The van der Waals surface area contributed by atoms with Crippen molar-refractivity contribution in [2.24, 2.45) is 5.41 Å². The minimum Gasteiger partial charge on any atom is -0.478 e. The molecule has 0 fully saturated rings. The number of allylic oxidation sites excluding steroid dienone is 1. The van der Waals surface area contributed by atoms with Crippen LogP contribution in [0, 0.1) is 5.41 Å². The summed E-state index contributed by atoms with van der Waals surface area (Å²) in [5.41, 5.74) is 2.73. The molecule has 5 heteroatoms. The lowest BCUT2D eigenvalue weighted by Crippen LogP contribution is -2.34. The van der Waals surface area contributed by atoms with E-state index < -0.39 is 5.97 Å². The highest BCUT2D eigenvalue weighted by molar-refractivity contribution is 6.30. The van der Waals surface area contributed by atoms with Crippen molar-refractivity contribution in [3.63, 3.8) is 0 Å². The van der Waals surface area contributed by atoms with E-state index in [-0.39, 0.29) is 17.8 Å². The van der Waals surface area contributed by atoms with Gasteiger partial charge in [-0.25, -0.2) is 4.79 Å². The first-order chi connectivity index (χ1) is 13.3. The number of carboxylic acids is 1. The van der Waals surface area contributed by atoms with Crippen LogP contribution in [0.1, 0.15) is 45.2 Å². The third-order valence-electron chi connectivity index (χ3n) is 4.97. The highest BCUT2D eigenvalue weighted by Crippen LogP contribution is 2.37. The Bertz CT molecular complexity index is 811. The summed E-state index contributed by atoms with van der Waals surface area (Å²) in [4.78, 5) is 14.7. The van der Waals surface area contributed by atoms with Gasteiger partial charge < -0.3 is 10.0 Å². The van der Waals surface area contributed by atoms with Crippen LogP contribution in [-0.2, 0) is 4.79 Å². The zero-order valence-corrected chi connectivity index (χ0v) is 19.2. The predicted octanol–water partition coefficient (Wildman–Crippen LogP) is 6.52. The first kappa shape index (κ1) is 25.2. The van der Waals surface area contributed by atoms with Crippen LogP contribution in [-0.4, -0.2) is 35.6 Å². The fraction of sp³-hybridized carbons (Fsp3) is 0.375. The summed E-state index contributed by atoms with van der Waals surface area (Å²) in [6.45, 7) is 11.6. The second-order valence-electron chi connectivity index (χ2n) is 7.83. The van der Waals surface area contributed by atoms with Crippen molar-refractivity contribution in [3.05, 3.63) is 70.7 Å². The van der Waals surface area contributed by atoms with Crippen molar-refractivity contribution in [2.45, 2.75) is 34.1 Å². The number of halogens is 2. The Hall–Kier alpha value is -1.81. The van der Waals surface area contributed by atoms with Crippen LogP contribution in [0.15, 0.2) is 54.6 Å². The minimum atomic E-state index is -0.908. The minimum absolute atomic E-state index is 0. The van der Waals surface area contributed by atoms with Gasteiger partial charge in [-0.05, 0) is 53.8 Å². The van der Waals surface area contributed by atoms with E-state index in [0.717, 1.165) is 36.3 Å². The number of rotatable bonds is 9. The van der Waals surface area contributed by atoms with Crippen molar-refractivity contribution in [3.8, 4) is 0 Å². The maximum absolute atomic E-state index is 12.3. The number of carbonyl (C=O) groups is 1. The molecule has 0 radical (unpaired) electrons. The first-order valence-corrected chi connectivity index (χ1v) is 10.2. The van der Waals surface area contributed by atoms with E-state index >= 15 is 0 Å². The van der Waals surface area contributed by atoms with E-state index in [0.29, 0.717) is 17.0 Å². The number of aliphatic carboxylic acids is 1. The summed E-state index contributed by atoms with van der Waals surface area (Å²) < 4.78 is 0. The molecule has 0 bridgehead atoms. The quantitative estimate of drug-likeness (QED) is 0.360. The molecular weight excluding hydrogens is 405 g/mol. The molecule has 0 heterocycles. The van der Waals surface area contributed by atoms with E-state index in [1.165, 1.54) is 0 Å². The molecule has 0 unspecified atom stereocenters. The number of benzene rings is 2. The Balaban J connectivity index is 0.00000420. The summed E-state index contributed by atoms with van der Waals surface area (Å²) in [7, 11) is 0. The van der Waals surface area contributed by atoms with Gasteiger partial charge in [-0.1, -0.05) is 81.8 Å². The third kappa shape index (κ3) is 7.18. The largest absolute Gasteiger partial charge is 0.478 e. The molecule has 1 N–H and O–H groups in total. The van der Waals surface area contributed by atoms with Gasteiger partial charge in [-0.15, -0.1) is 12.4 Å². The molecule has 0 saturated heterocycles. The van der Waals surface area contributed by atoms with Crippen molar-refractivity contribution in [1.29, 1.82) is 0 Å². The Morgan fingerprint density at radius 2 is 1.52 bits per heavy atom. The van der Waals surface area contributed by atoms with Crippen LogP contribution in [0.5, 0.6) is 0 Å². The van der Waals surface area contributed by atoms with Crippen molar-refractivity contribution in [2.75, 3.05) is 19.6 Å². The number of hydrogen-bond donors (Lipinski definition) is 1. The summed E-state index contributed by atoms with van der Waals surface area (Å²) in [5, 5.41) is 10.7. The average Bonchev–Trinajstić information content (AvgIpc) is 2.66. The summed E-state index contributed by atoms with van der Waals surface area (Å²) in [6.07, 6.45) is 0.654. The fourth-order valence-electron chi connectivity index (χ4n) is 3.60. The van der Waals surface area contributed by atoms with Crippen molar-refractivity contribution < 1.29 is 9.90 Å². The second-order valence-corrected chi connectivity index (χ2v) is 8.27. The second kappa shape index (κ2) is 11.4. The summed E-state index contributed by atoms with van der Waals surface area (Å²) in [6, 6.07) is 16.8. The van der Waals surface area contributed by atoms with Crippen LogP contribution in [0.4, 0.5) is 0 Å². The fourth-order valence-corrected chi connectivity index (χ4v) is 3.73. The van der Waals surface area contributed by atoms with Gasteiger partial charge in [0.1, 0.15) is 0 Å². The van der Waals surface area contributed by atoms with Gasteiger partial charge in [0.25, 0.3) is 0 Å². The summed E-state index contributed by atoms with van der Waals surface area (Å²) in [5.74, 6) is -0.908. The molecule has 158 valence electrons. The molecule has 29 heavy (non-hydrogen) atoms. The summed E-state index contributed by atoms with van der Waals surface area (Å²) >= 11 is 6.08. The SMILES string of the molecule is CCN(CC)CC(C)(C)CC(=C(C(=O)O)c1ccccc1)c1ccc(Cl)cc1.Cl. The molecule has 0 aromatic heterocycles. The zero-order valence-electron chi connectivity index (χ0n) is 17.6. The molecule has 0 aliphatic rings. The number of carboxylic acid groups (broad SMARTS) is 1. The molecule has 2 rings (SSSR count). The molecular formula is C24H31Cl2NO2. The van der Waals surface area contributed by atoms with Gasteiger partial charge in [-0.3, -0.25) is 0 Å². The molecule has 2 aromatic rings. The molecule has 0 atom stereocenters. The Morgan fingerprint density at radius 1 is 0.966 bits per heavy atom. The van der Waals surface area contributed by atoms with Gasteiger partial charge >= 0.3 is 5.97 Å². The lowest BCUT2D eigenvalue weighted by molar-refractivity contribution is -0.130. The third-order valence-corrected chi connectivity index (χ3v) is 5.22. The predicted molar refractivity (Wildman–Crippen MR) is 126 cm³/mol. The van der Waals surface area contributed by atoms with Gasteiger partial charge in [0.15, 0.2) is 0 Å². The molecule has 0 amide bonds. The van der Waals surface area contributed by atoms with E-state index in [1.807, 2.05) is 54.6 Å². The molecule has 2 aromatic carbocycles. The molecule has 0 aliphatic heterocycles. The highest BCUT2D eigenvalue weighted by atomic mass is 35.5. The topological polar surface area (TPSA) is 40.5 Å². The molecule has 3 nitrogen and oxygen atoms in total. The number of nitrogens with zero attached hydrogens (tertiary/aromatic N) is 1. The van der Waals surface area contributed by atoms with E-state index in [9.17, 15) is 9.90 Å². The number of hydrogen-bond acceptors (Lipinski definition) is 2. The lowest BCUT2D eigenvalue weighted by atomic mass is 9.80. The zero-order chi connectivity index (χ0) is 20.7. The lowest BCUT2D eigenvalue weighted by Gasteiger charge is -2.33. The van der Waals surface area contributed by atoms with Gasteiger partial charge in [0.05, 0.1) is 5.57 Å². The van der Waals surface area contributed by atoms with Crippen LogP contribution in [0.2, 0.25) is 5.02 Å². The smallest absolute Gasteiger partial charge is 0.336 e. The average molecular weight is 436 g/mol. The van der Waals surface area contributed by atoms with E-state index in [1.54, 1.807) is 0 Å². The Morgan fingerprint density at radius 3 is 2.00 bits per heavy atom. The van der Waals surface area contributed by atoms with Crippen LogP contribution in [0.3, 0.4) is 0 Å². The van der Waals surface area contributed by atoms with Crippen LogP contribution in [0.25, 0.3) is 11.1 Å². The normalized spacial score (nSPS) is 12.3. The molecule has 0 saturated carbocycles. The van der Waals surface area contributed by atoms with Gasteiger partial charge in [-0.2, -0.15) is 0 Å². The van der Waals surface area contributed by atoms with E-state index in [2.05, 4.69) is 32.6 Å². The molecule has 0 aliphatic carbocycles. The van der Waals surface area contributed by atoms with Crippen molar-refractivity contribution in [1.82, 2.24) is 4.90 Å². The van der Waals surface area contributed by atoms with E-state index in [4.69, 9.17) is 11.6 Å². The maximum atomic E-state index is 12.3. The maximum Gasteiger partial charge on any atom is 0.336 e. The Labute approximate surface area is 185 Å². The van der Waals surface area contributed by atoms with Gasteiger partial charge in [0, 0.05) is 11.6 Å². The molecule has 0 spiro atoms. The Kier molecular flexibility index (Phi) is 9.91. The monoisotopic (exact) mass is 435 g/mol. The van der Waals surface area contributed by atoms with Crippen LogP contribution < -0.4 is 0 Å². The van der Waals surface area contributed by atoms with Gasteiger partial charge in [0.2, 0.25) is 0 Å². The first-order valence-electron chi connectivity index (χ1n) is 9.77. The standard InChI is InChI=1S/C24H30ClNO2.ClH/c1-5-26(6-2)17-24(3,4)16-21(18-12-14-20(25)15-13-18)22(23(27)28)19-10-8-7-9-11-19;/h7-15H,5-6,16-17H2,1-4H3,(H,27,28);1H. The van der Waals surface area contributed by atoms with Crippen LogP contribution >= 0.6 is 24.0 Å². The van der Waals surface area contributed by atoms with Crippen molar-refractivity contribution >= 4 is 41.1 Å².